The molecule has 7 heteroatoms. The molecule has 0 aliphatic carbocycles. The van der Waals surface area contributed by atoms with Crippen LogP contribution in [-0.4, -0.2) is 54.2 Å². The topological polar surface area (TPSA) is 96.3 Å². The van der Waals surface area contributed by atoms with Crippen molar-refractivity contribution < 1.29 is 29.3 Å². The molecule has 2 aromatic rings. The number of amides is 1. The van der Waals surface area contributed by atoms with Gasteiger partial charge in [-0.05, 0) is 47.2 Å². The Hall–Kier alpha value is -3.32. The third-order valence-corrected chi connectivity index (χ3v) is 5.95. The van der Waals surface area contributed by atoms with Gasteiger partial charge in [0.25, 0.3) is 11.7 Å². The molecule has 1 aliphatic heterocycles. The maximum absolute atomic E-state index is 13.1. The van der Waals surface area contributed by atoms with Crippen molar-refractivity contribution in [3.63, 3.8) is 0 Å². The summed E-state index contributed by atoms with van der Waals surface area (Å²) in [6.07, 6.45) is 0. The smallest absolute Gasteiger partial charge is 0.295 e. The number of ether oxygens (including phenoxy) is 2. The second kappa shape index (κ2) is 9.27. The van der Waals surface area contributed by atoms with Crippen molar-refractivity contribution in [3.8, 4) is 11.5 Å². The second-order valence-corrected chi connectivity index (χ2v) is 9.20. The number of ketones is 1. The van der Waals surface area contributed by atoms with Crippen LogP contribution in [0.2, 0.25) is 0 Å². The lowest BCUT2D eigenvalue weighted by Crippen LogP contribution is -2.32. The van der Waals surface area contributed by atoms with Crippen LogP contribution in [-0.2, 0) is 19.7 Å². The van der Waals surface area contributed by atoms with E-state index in [1.165, 1.54) is 25.2 Å². The number of phenolic OH excluding ortho intramolecular Hbond substituents is 1. The van der Waals surface area contributed by atoms with Gasteiger partial charge in [0.1, 0.15) is 5.76 Å². The Labute approximate surface area is 194 Å². The Morgan fingerprint density at radius 2 is 1.79 bits per heavy atom. The number of aliphatic hydroxyl groups excluding tert-OH is 1. The van der Waals surface area contributed by atoms with Crippen molar-refractivity contribution in [1.29, 1.82) is 0 Å². The molecule has 1 saturated heterocycles. The standard InChI is InChI=1S/C26H31NO6/c1-15-7-9-17(26(2,3)4)14-18(15)23(29)21-22(16-8-10-20(33-6)19(28)13-16)27(11-12-32-5)25(31)24(21)30/h7-10,13-14,22,28-29H,11-12H2,1-6H3/b23-21+. The third kappa shape index (κ3) is 4.59. The van der Waals surface area contributed by atoms with E-state index in [0.29, 0.717) is 11.1 Å². The molecule has 2 aromatic carbocycles. The van der Waals surface area contributed by atoms with Crippen LogP contribution in [0.25, 0.3) is 5.76 Å². The number of nitrogens with zero attached hydrogens (tertiary/aromatic N) is 1. The number of carbonyl (C=O) groups is 2. The minimum Gasteiger partial charge on any atom is -0.507 e. The Bertz CT molecular complexity index is 1110. The monoisotopic (exact) mass is 453 g/mol. The molecule has 1 unspecified atom stereocenters. The van der Waals surface area contributed by atoms with Gasteiger partial charge < -0.3 is 24.6 Å². The van der Waals surface area contributed by atoms with Crippen molar-refractivity contribution in [1.82, 2.24) is 4.90 Å². The Balaban J connectivity index is 2.25. The largest absolute Gasteiger partial charge is 0.507 e. The summed E-state index contributed by atoms with van der Waals surface area (Å²) in [6, 6.07) is 9.53. The summed E-state index contributed by atoms with van der Waals surface area (Å²) in [5.41, 5.74) is 2.55. The molecule has 1 amide bonds. The number of Topliss-reactive ketones (excluding diaryl/α,β-unsaturated/α-hetero) is 1. The van der Waals surface area contributed by atoms with Crippen molar-refractivity contribution >= 4 is 17.4 Å². The predicted octanol–water partition coefficient (Wildman–Crippen LogP) is 4.07. The average molecular weight is 454 g/mol. The number of carbonyl (C=O) groups excluding carboxylic acids is 2. The number of aryl methyl sites for hydroxylation is 1. The van der Waals surface area contributed by atoms with Gasteiger partial charge in [0, 0.05) is 19.2 Å². The van der Waals surface area contributed by atoms with Crippen molar-refractivity contribution in [3.05, 3.63) is 64.2 Å². The Kier molecular flexibility index (Phi) is 6.84. The highest BCUT2D eigenvalue weighted by Crippen LogP contribution is 2.42. The molecule has 7 nitrogen and oxygen atoms in total. The van der Waals surface area contributed by atoms with Crippen molar-refractivity contribution in [2.45, 2.75) is 39.2 Å². The normalized spacial score (nSPS) is 18.1. The number of hydrogen-bond acceptors (Lipinski definition) is 6. The molecule has 176 valence electrons. The third-order valence-electron chi connectivity index (χ3n) is 5.95. The molecule has 0 saturated carbocycles. The highest BCUT2D eigenvalue weighted by atomic mass is 16.5. The minimum absolute atomic E-state index is 0.0187. The molecule has 0 aromatic heterocycles. The number of hydrogen-bond donors (Lipinski definition) is 2. The lowest BCUT2D eigenvalue weighted by molar-refractivity contribution is -0.140. The van der Waals surface area contributed by atoms with Crippen LogP contribution >= 0.6 is 0 Å². The van der Waals surface area contributed by atoms with E-state index in [1.54, 1.807) is 12.1 Å². The summed E-state index contributed by atoms with van der Waals surface area (Å²) >= 11 is 0. The van der Waals surface area contributed by atoms with Crippen LogP contribution in [0.15, 0.2) is 42.0 Å². The Morgan fingerprint density at radius 1 is 1.09 bits per heavy atom. The summed E-state index contributed by atoms with van der Waals surface area (Å²) in [4.78, 5) is 27.5. The molecule has 2 N–H and O–H groups in total. The SMILES string of the molecule is COCCN1C(=O)C(=O)/C(=C(/O)c2cc(C(C)(C)C)ccc2C)C1c1ccc(OC)c(O)c1. The molecule has 3 rings (SSSR count). The van der Waals surface area contributed by atoms with Gasteiger partial charge in [-0.25, -0.2) is 0 Å². The van der Waals surface area contributed by atoms with E-state index in [0.717, 1.165) is 11.1 Å². The number of benzene rings is 2. The first-order valence-electron chi connectivity index (χ1n) is 10.8. The molecule has 0 spiro atoms. The van der Waals surface area contributed by atoms with E-state index in [1.807, 2.05) is 25.1 Å². The van der Waals surface area contributed by atoms with E-state index in [2.05, 4.69) is 20.8 Å². The number of aliphatic hydroxyl groups is 1. The predicted molar refractivity (Wildman–Crippen MR) is 125 cm³/mol. The maximum atomic E-state index is 13.1. The van der Waals surface area contributed by atoms with E-state index in [4.69, 9.17) is 9.47 Å². The highest BCUT2D eigenvalue weighted by molar-refractivity contribution is 6.46. The number of likely N-dealkylation sites (tertiary alicyclic amines) is 1. The van der Waals surface area contributed by atoms with Crippen LogP contribution in [0.1, 0.15) is 49.1 Å². The molecule has 1 heterocycles. The van der Waals surface area contributed by atoms with E-state index < -0.39 is 17.7 Å². The van der Waals surface area contributed by atoms with Crippen LogP contribution in [0.4, 0.5) is 0 Å². The minimum atomic E-state index is -0.880. The van der Waals surface area contributed by atoms with Gasteiger partial charge in [-0.15, -0.1) is 0 Å². The summed E-state index contributed by atoms with van der Waals surface area (Å²) in [6.45, 7) is 8.39. The van der Waals surface area contributed by atoms with E-state index in [-0.39, 0.29) is 41.4 Å². The first-order valence-corrected chi connectivity index (χ1v) is 10.8. The summed E-state index contributed by atoms with van der Waals surface area (Å²) in [5.74, 6) is -1.60. The lowest BCUT2D eigenvalue weighted by Gasteiger charge is -2.26. The molecule has 1 fully saturated rings. The first kappa shape index (κ1) is 24.3. The number of rotatable bonds is 6. The molecule has 1 aliphatic rings. The van der Waals surface area contributed by atoms with Crippen LogP contribution in [0.3, 0.4) is 0 Å². The number of methoxy groups -OCH3 is 2. The molecule has 1 atom stereocenters. The van der Waals surface area contributed by atoms with Crippen LogP contribution < -0.4 is 4.74 Å². The molecular formula is C26H31NO6. The Morgan fingerprint density at radius 3 is 2.36 bits per heavy atom. The number of phenols is 1. The summed E-state index contributed by atoms with van der Waals surface area (Å²) in [5, 5.41) is 21.7. The van der Waals surface area contributed by atoms with Gasteiger partial charge in [0.05, 0.1) is 25.3 Å². The fraction of sp³-hybridized carbons (Fsp3) is 0.385. The maximum Gasteiger partial charge on any atom is 0.295 e. The van der Waals surface area contributed by atoms with Crippen molar-refractivity contribution in [2.75, 3.05) is 27.4 Å². The highest BCUT2D eigenvalue weighted by Gasteiger charge is 2.46. The summed E-state index contributed by atoms with van der Waals surface area (Å²) < 4.78 is 10.3. The zero-order valence-electron chi connectivity index (χ0n) is 19.9. The fourth-order valence-electron chi connectivity index (χ4n) is 4.01. The molecule has 0 radical (unpaired) electrons. The molecular weight excluding hydrogens is 422 g/mol. The fourth-order valence-corrected chi connectivity index (χ4v) is 4.01. The van der Waals surface area contributed by atoms with Crippen molar-refractivity contribution in [2.24, 2.45) is 0 Å². The van der Waals surface area contributed by atoms with Gasteiger partial charge in [0.15, 0.2) is 11.5 Å². The first-order chi connectivity index (χ1) is 15.5. The van der Waals surface area contributed by atoms with Gasteiger partial charge >= 0.3 is 0 Å². The molecule has 0 bridgehead atoms. The lowest BCUT2D eigenvalue weighted by atomic mass is 9.84. The molecule has 33 heavy (non-hydrogen) atoms. The average Bonchev–Trinajstić information content (AvgIpc) is 3.01. The number of aromatic hydroxyl groups is 1. The van der Waals surface area contributed by atoms with E-state index >= 15 is 0 Å². The van der Waals surface area contributed by atoms with E-state index in [9.17, 15) is 19.8 Å². The van der Waals surface area contributed by atoms with Gasteiger partial charge in [-0.3, -0.25) is 9.59 Å². The van der Waals surface area contributed by atoms with Gasteiger partial charge in [-0.2, -0.15) is 0 Å². The van der Waals surface area contributed by atoms with Gasteiger partial charge in [-0.1, -0.05) is 39.0 Å². The summed E-state index contributed by atoms with van der Waals surface area (Å²) in [7, 11) is 2.94. The van der Waals surface area contributed by atoms with Crippen LogP contribution in [0.5, 0.6) is 11.5 Å². The quantitative estimate of drug-likeness (QED) is 0.389. The zero-order valence-corrected chi connectivity index (χ0v) is 19.9. The zero-order chi connectivity index (χ0) is 24.5. The van der Waals surface area contributed by atoms with Crippen LogP contribution in [0, 0.1) is 6.92 Å². The van der Waals surface area contributed by atoms with Gasteiger partial charge in [0.2, 0.25) is 0 Å². The second-order valence-electron chi connectivity index (χ2n) is 9.20.